The molecule has 1 aromatic carbocycles. The molecule has 1 atom stereocenters. The van der Waals surface area contributed by atoms with Gasteiger partial charge >= 0.3 is 5.97 Å². The van der Waals surface area contributed by atoms with E-state index < -0.39 is 6.04 Å². The highest BCUT2D eigenvalue weighted by Gasteiger charge is 2.26. The fourth-order valence-electron chi connectivity index (χ4n) is 1.75. The van der Waals surface area contributed by atoms with Crippen molar-refractivity contribution in [3.8, 4) is 0 Å². The molecule has 0 aromatic heterocycles. The van der Waals surface area contributed by atoms with Gasteiger partial charge in [0.1, 0.15) is 6.04 Å². The number of hydrogen-bond acceptors (Lipinski definition) is 3. The number of methoxy groups -OCH3 is 1. The topological polar surface area (TPSA) is 38.3 Å². The minimum atomic E-state index is -0.481. The van der Waals surface area contributed by atoms with E-state index in [1.54, 1.807) is 18.2 Å². The average molecular weight is 288 g/mol. The second-order valence-corrected chi connectivity index (χ2v) is 5.30. The first kappa shape index (κ1) is 13.7. The van der Waals surface area contributed by atoms with Gasteiger partial charge in [-0.05, 0) is 43.0 Å². The van der Waals surface area contributed by atoms with E-state index in [1.165, 1.54) is 20.0 Å². The van der Waals surface area contributed by atoms with Gasteiger partial charge in [-0.15, -0.1) is 0 Å². The molecule has 1 N–H and O–H groups in total. The van der Waals surface area contributed by atoms with Crippen LogP contribution in [-0.2, 0) is 9.53 Å². The summed E-state index contributed by atoms with van der Waals surface area (Å²) in [5.41, 5.74) is 0.775. The molecule has 18 heavy (non-hydrogen) atoms. The Morgan fingerprint density at radius 3 is 2.72 bits per heavy atom. The van der Waals surface area contributed by atoms with E-state index in [1.807, 2.05) is 0 Å². The molecule has 0 amide bonds. The third kappa shape index (κ3) is 3.37. The minimum absolute atomic E-state index is 0.311. The molecule has 5 heteroatoms. The molecule has 2 rings (SSSR count). The van der Waals surface area contributed by atoms with Crippen LogP contribution in [0, 0.1) is 5.92 Å². The molecule has 0 spiro atoms. The summed E-state index contributed by atoms with van der Waals surface area (Å²) in [4.78, 5) is 11.8. The highest BCUT2D eigenvalue weighted by molar-refractivity contribution is 6.42. The van der Waals surface area contributed by atoms with Crippen molar-refractivity contribution in [3.05, 3.63) is 33.8 Å². The predicted molar refractivity (Wildman–Crippen MR) is 71.9 cm³/mol. The quantitative estimate of drug-likeness (QED) is 0.845. The van der Waals surface area contributed by atoms with Crippen molar-refractivity contribution in [2.45, 2.75) is 18.9 Å². The summed E-state index contributed by atoms with van der Waals surface area (Å²) >= 11 is 11.8. The molecular weight excluding hydrogens is 273 g/mol. The number of halogens is 2. The van der Waals surface area contributed by atoms with Crippen LogP contribution in [0.25, 0.3) is 0 Å². The van der Waals surface area contributed by atoms with Crippen LogP contribution in [0.15, 0.2) is 18.2 Å². The van der Waals surface area contributed by atoms with E-state index in [4.69, 9.17) is 27.9 Å². The summed E-state index contributed by atoms with van der Waals surface area (Å²) in [5.74, 6) is 0.369. The Labute approximate surface area is 116 Å². The van der Waals surface area contributed by atoms with Gasteiger partial charge in [-0.3, -0.25) is 0 Å². The van der Waals surface area contributed by atoms with Gasteiger partial charge in [-0.25, -0.2) is 4.79 Å². The maximum atomic E-state index is 11.8. The van der Waals surface area contributed by atoms with Crippen LogP contribution in [0.4, 0.5) is 0 Å². The van der Waals surface area contributed by atoms with Crippen LogP contribution in [0.2, 0.25) is 10.0 Å². The normalized spacial score (nSPS) is 16.4. The Balaban J connectivity index is 2.14. The maximum absolute atomic E-state index is 11.8. The van der Waals surface area contributed by atoms with Crippen LogP contribution in [0.5, 0.6) is 0 Å². The van der Waals surface area contributed by atoms with Crippen LogP contribution < -0.4 is 5.32 Å². The van der Waals surface area contributed by atoms with Gasteiger partial charge in [-0.1, -0.05) is 29.3 Å². The van der Waals surface area contributed by atoms with Crippen molar-refractivity contribution < 1.29 is 9.53 Å². The van der Waals surface area contributed by atoms with Crippen molar-refractivity contribution in [3.63, 3.8) is 0 Å². The zero-order valence-electron chi connectivity index (χ0n) is 10.1. The van der Waals surface area contributed by atoms with Crippen molar-refractivity contribution in [1.29, 1.82) is 0 Å². The Bertz CT molecular complexity index is 447. The second kappa shape index (κ2) is 5.91. The summed E-state index contributed by atoms with van der Waals surface area (Å²) in [5, 5.41) is 4.14. The molecule has 0 radical (unpaired) electrons. The van der Waals surface area contributed by atoms with Crippen LogP contribution in [0.3, 0.4) is 0 Å². The van der Waals surface area contributed by atoms with E-state index in [-0.39, 0.29) is 5.97 Å². The number of rotatable bonds is 5. The maximum Gasteiger partial charge on any atom is 0.327 e. The second-order valence-electron chi connectivity index (χ2n) is 4.48. The zero-order valence-corrected chi connectivity index (χ0v) is 11.6. The standard InChI is InChI=1S/C13H15Cl2NO2/c1-18-13(17)12(16-7-8-2-3-8)9-4-5-10(14)11(15)6-9/h4-6,8,12,16H,2-3,7H2,1H3. The van der Waals surface area contributed by atoms with E-state index in [0.717, 1.165) is 12.1 Å². The lowest BCUT2D eigenvalue weighted by Gasteiger charge is -2.17. The lowest BCUT2D eigenvalue weighted by Crippen LogP contribution is -2.31. The number of carbonyl (C=O) groups excluding carboxylic acids is 1. The van der Waals surface area contributed by atoms with Crippen molar-refractivity contribution in [2.24, 2.45) is 5.92 Å². The molecule has 0 heterocycles. The molecule has 0 bridgehead atoms. The summed E-state index contributed by atoms with van der Waals surface area (Å²) < 4.78 is 4.81. The van der Waals surface area contributed by atoms with E-state index in [9.17, 15) is 4.79 Å². The van der Waals surface area contributed by atoms with Crippen LogP contribution >= 0.6 is 23.2 Å². The third-order valence-corrected chi connectivity index (χ3v) is 3.76. The summed E-state index contributed by atoms with van der Waals surface area (Å²) in [7, 11) is 1.38. The third-order valence-electron chi connectivity index (χ3n) is 3.02. The lowest BCUT2D eigenvalue weighted by molar-refractivity contribution is -0.143. The van der Waals surface area contributed by atoms with Gasteiger partial charge in [0.2, 0.25) is 0 Å². The SMILES string of the molecule is COC(=O)C(NCC1CC1)c1ccc(Cl)c(Cl)c1. The zero-order chi connectivity index (χ0) is 13.1. The van der Waals surface area contributed by atoms with Crippen LogP contribution in [-0.4, -0.2) is 19.6 Å². The Kier molecular flexibility index (Phi) is 4.49. The van der Waals surface area contributed by atoms with E-state index in [0.29, 0.717) is 16.0 Å². The first-order valence-electron chi connectivity index (χ1n) is 5.88. The fourth-order valence-corrected chi connectivity index (χ4v) is 2.06. The summed E-state index contributed by atoms with van der Waals surface area (Å²) in [6, 6.07) is 4.69. The van der Waals surface area contributed by atoms with E-state index in [2.05, 4.69) is 5.32 Å². The van der Waals surface area contributed by atoms with Crippen molar-refractivity contribution in [1.82, 2.24) is 5.32 Å². The predicted octanol–water partition coefficient (Wildman–Crippen LogP) is 3.21. The average Bonchev–Trinajstić information content (AvgIpc) is 3.17. The summed E-state index contributed by atoms with van der Waals surface area (Å²) in [6.45, 7) is 0.819. The Hall–Kier alpha value is -0.770. The highest BCUT2D eigenvalue weighted by atomic mass is 35.5. The first-order valence-corrected chi connectivity index (χ1v) is 6.63. The molecule has 0 aliphatic heterocycles. The van der Waals surface area contributed by atoms with Gasteiger partial charge in [0.25, 0.3) is 0 Å². The fraction of sp³-hybridized carbons (Fsp3) is 0.462. The molecule has 1 unspecified atom stereocenters. The minimum Gasteiger partial charge on any atom is -0.468 e. The van der Waals surface area contributed by atoms with Gasteiger partial charge in [0, 0.05) is 0 Å². The van der Waals surface area contributed by atoms with Gasteiger partial charge in [0.15, 0.2) is 0 Å². The van der Waals surface area contributed by atoms with Gasteiger partial charge in [0.05, 0.1) is 17.2 Å². The molecule has 1 aromatic rings. The molecule has 1 fully saturated rings. The number of ether oxygens (including phenoxy) is 1. The Morgan fingerprint density at radius 1 is 1.44 bits per heavy atom. The smallest absolute Gasteiger partial charge is 0.327 e. The molecule has 98 valence electrons. The van der Waals surface area contributed by atoms with E-state index >= 15 is 0 Å². The molecule has 1 saturated carbocycles. The number of hydrogen-bond donors (Lipinski definition) is 1. The van der Waals surface area contributed by atoms with Crippen molar-refractivity contribution >= 4 is 29.2 Å². The lowest BCUT2D eigenvalue weighted by atomic mass is 10.1. The largest absolute Gasteiger partial charge is 0.468 e. The van der Waals surface area contributed by atoms with Crippen molar-refractivity contribution in [2.75, 3.05) is 13.7 Å². The summed E-state index contributed by atoms with van der Waals surface area (Å²) in [6.07, 6.45) is 2.45. The highest BCUT2D eigenvalue weighted by Crippen LogP contribution is 2.30. The number of benzene rings is 1. The molecular formula is C13H15Cl2NO2. The first-order chi connectivity index (χ1) is 8.61. The molecule has 1 aliphatic rings. The number of esters is 1. The number of carbonyl (C=O) groups is 1. The monoisotopic (exact) mass is 287 g/mol. The number of nitrogens with one attached hydrogen (secondary N) is 1. The van der Waals surface area contributed by atoms with Gasteiger partial charge in [-0.2, -0.15) is 0 Å². The molecule has 1 aliphatic carbocycles. The molecule has 3 nitrogen and oxygen atoms in total. The van der Waals surface area contributed by atoms with Crippen LogP contribution in [0.1, 0.15) is 24.4 Å². The molecule has 0 saturated heterocycles. The Morgan fingerprint density at radius 2 is 2.17 bits per heavy atom. The van der Waals surface area contributed by atoms with Gasteiger partial charge < -0.3 is 10.1 Å².